The molecule has 0 spiro atoms. The fourth-order valence-corrected chi connectivity index (χ4v) is 3.46. The summed E-state index contributed by atoms with van der Waals surface area (Å²) in [6, 6.07) is 3.80. The predicted molar refractivity (Wildman–Crippen MR) is 110 cm³/mol. The third kappa shape index (κ3) is 5.20. The van der Waals surface area contributed by atoms with E-state index in [2.05, 4.69) is 0 Å². The fourth-order valence-electron chi connectivity index (χ4n) is 3.46. The van der Waals surface area contributed by atoms with E-state index in [-0.39, 0.29) is 35.3 Å². The summed E-state index contributed by atoms with van der Waals surface area (Å²) in [7, 11) is 1.73. The van der Waals surface area contributed by atoms with Crippen LogP contribution in [0.15, 0.2) is 18.2 Å². The van der Waals surface area contributed by atoms with E-state index < -0.39 is 11.0 Å². The molecule has 1 saturated heterocycles. The van der Waals surface area contributed by atoms with Crippen LogP contribution >= 0.6 is 12.4 Å². The number of nitro groups is 1. The molecule has 0 bridgehead atoms. The minimum atomic E-state index is -0.508. The van der Waals surface area contributed by atoms with Crippen molar-refractivity contribution in [2.75, 3.05) is 26.7 Å². The van der Waals surface area contributed by atoms with Crippen LogP contribution in [0.3, 0.4) is 0 Å². The van der Waals surface area contributed by atoms with Gasteiger partial charge in [0.1, 0.15) is 6.04 Å². The lowest BCUT2D eigenvalue weighted by molar-refractivity contribution is -0.385. The maximum atomic E-state index is 12.9. The van der Waals surface area contributed by atoms with Crippen LogP contribution < -0.4 is 5.73 Å². The molecule has 1 aliphatic heterocycles. The zero-order valence-corrected chi connectivity index (χ0v) is 17.6. The second kappa shape index (κ2) is 9.34. The van der Waals surface area contributed by atoms with Gasteiger partial charge in [0.15, 0.2) is 0 Å². The minimum absolute atomic E-state index is 0. The number of carbonyl (C=O) groups excluding carboxylic acids is 2. The molecule has 1 aromatic carbocycles. The Balaban J connectivity index is 0.00000392. The third-order valence-electron chi connectivity index (χ3n) is 5.03. The molecule has 0 radical (unpaired) electrons. The second-order valence-corrected chi connectivity index (χ2v) is 7.98. The molecule has 2 rings (SSSR count). The summed E-state index contributed by atoms with van der Waals surface area (Å²) in [6.45, 7) is 7.06. The second-order valence-electron chi connectivity index (χ2n) is 7.98. The molecule has 0 aliphatic carbocycles. The highest BCUT2D eigenvalue weighted by Crippen LogP contribution is 2.25. The van der Waals surface area contributed by atoms with Crippen molar-refractivity contribution in [1.82, 2.24) is 9.80 Å². The number of nitrogens with two attached hydrogens (primary N) is 1. The van der Waals surface area contributed by atoms with Gasteiger partial charge in [-0.05, 0) is 43.9 Å². The number of halogens is 1. The van der Waals surface area contributed by atoms with Gasteiger partial charge >= 0.3 is 0 Å². The molecule has 2 N–H and O–H groups in total. The van der Waals surface area contributed by atoms with Crippen LogP contribution in [0.2, 0.25) is 0 Å². The molecule has 0 saturated carbocycles. The van der Waals surface area contributed by atoms with E-state index in [1.54, 1.807) is 23.8 Å². The summed E-state index contributed by atoms with van der Waals surface area (Å²) in [5.41, 5.74) is 6.32. The van der Waals surface area contributed by atoms with Crippen molar-refractivity contribution >= 4 is 29.9 Å². The first-order chi connectivity index (χ1) is 12.6. The van der Waals surface area contributed by atoms with Crippen LogP contribution in [-0.4, -0.2) is 59.3 Å². The van der Waals surface area contributed by atoms with Crippen LogP contribution in [-0.2, 0) is 4.79 Å². The minimum Gasteiger partial charge on any atom is -0.343 e. The van der Waals surface area contributed by atoms with Crippen LogP contribution in [0.25, 0.3) is 0 Å². The standard InChI is InChI=1S/C19H28N4O4.ClH/c1-13-10-14(7-8-15(13)23(26)27)17(24)22-9-5-6-16(22)18(25)21(4)12-19(2,3)11-20;/h7-8,10,16H,5-6,9,11-12,20H2,1-4H3;1H. The van der Waals surface area contributed by atoms with Gasteiger partial charge in [0.25, 0.3) is 11.6 Å². The third-order valence-corrected chi connectivity index (χ3v) is 5.03. The summed E-state index contributed by atoms with van der Waals surface area (Å²) in [5.74, 6) is -0.364. The highest BCUT2D eigenvalue weighted by atomic mass is 35.5. The van der Waals surface area contributed by atoms with Crippen LogP contribution in [0, 0.1) is 22.5 Å². The van der Waals surface area contributed by atoms with E-state index >= 15 is 0 Å². The molecule has 1 atom stereocenters. The zero-order chi connectivity index (χ0) is 20.4. The van der Waals surface area contributed by atoms with Gasteiger partial charge in [0, 0.05) is 37.3 Å². The Kier molecular flexibility index (Phi) is 7.95. The van der Waals surface area contributed by atoms with Gasteiger partial charge in [0.2, 0.25) is 5.91 Å². The zero-order valence-electron chi connectivity index (χ0n) is 16.8. The number of nitro benzene ring substituents is 1. The maximum Gasteiger partial charge on any atom is 0.272 e. The van der Waals surface area contributed by atoms with E-state index in [0.717, 1.165) is 6.42 Å². The molecule has 0 aromatic heterocycles. The number of nitrogens with zero attached hydrogens (tertiary/aromatic N) is 3. The van der Waals surface area contributed by atoms with Crippen molar-refractivity contribution in [2.45, 2.75) is 39.7 Å². The normalized spacial score (nSPS) is 16.5. The summed E-state index contributed by atoms with van der Waals surface area (Å²) < 4.78 is 0. The lowest BCUT2D eigenvalue weighted by Crippen LogP contribution is -2.49. The molecule has 156 valence electrons. The highest BCUT2D eigenvalue weighted by Gasteiger charge is 2.37. The van der Waals surface area contributed by atoms with Crippen LogP contribution in [0.4, 0.5) is 5.69 Å². The van der Waals surface area contributed by atoms with Crippen molar-refractivity contribution in [1.29, 1.82) is 0 Å². The van der Waals surface area contributed by atoms with Gasteiger partial charge in [-0.25, -0.2) is 0 Å². The van der Waals surface area contributed by atoms with E-state index in [0.29, 0.717) is 37.2 Å². The monoisotopic (exact) mass is 412 g/mol. The van der Waals surface area contributed by atoms with Crippen molar-refractivity contribution in [3.63, 3.8) is 0 Å². The topological polar surface area (TPSA) is 110 Å². The molecular formula is C19H29ClN4O4. The van der Waals surface area contributed by atoms with Gasteiger partial charge in [-0.1, -0.05) is 13.8 Å². The average Bonchev–Trinajstić information content (AvgIpc) is 3.09. The largest absolute Gasteiger partial charge is 0.343 e. The number of hydrogen-bond donors (Lipinski definition) is 1. The average molecular weight is 413 g/mol. The Bertz CT molecular complexity index is 753. The van der Waals surface area contributed by atoms with Crippen molar-refractivity contribution in [3.8, 4) is 0 Å². The molecule has 1 aromatic rings. The first-order valence-electron chi connectivity index (χ1n) is 9.08. The van der Waals surface area contributed by atoms with Gasteiger partial charge in [-0.15, -0.1) is 12.4 Å². The summed E-state index contributed by atoms with van der Waals surface area (Å²) in [6.07, 6.45) is 1.37. The molecule has 1 heterocycles. The number of carbonyl (C=O) groups is 2. The van der Waals surface area contributed by atoms with Crippen LogP contribution in [0.1, 0.15) is 42.6 Å². The summed E-state index contributed by atoms with van der Waals surface area (Å²) in [5, 5.41) is 11.0. The van der Waals surface area contributed by atoms with Crippen molar-refractivity contribution in [3.05, 3.63) is 39.4 Å². The Hall–Kier alpha value is -2.19. The Labute approximate surface area is 171 Å². The Morgan fingerprint density at radius 3 is 2.57 bits per heavy atom. The lowest BCUT2D eigenvalue weighted by atomic mass is 9.93. The quantitative estimate of drug-likeness (QED) is 0.569. The molecule has 2 amide bonds. The van der Waals surface area contributed by atoms with E-state index in [4.69, 9.17) is 5.73 Å². The molecule has 9 heteroatoms. The number of likely N-dealkylation sites (tertiary alicyclic amines) is 1. The molecule has 1 fully saturated rings. The maximum absolute atomic E-state index is 12.9. The molecule has 28 heavy (non-hydrogen) atoms. The van der Waals surface area contributed by atoms with Crippen LogP contribution in [0.5, 0.6) is 0 Å². The SMILES string of the molecule is Cc1cc(C(=O)N2CCCC2C(=O)N(C)CC(C)(C)CN)ccc1[N+](=O)[O-].Cl. The first kappa shape index (κ1) is 23.8. The van der Waals surface area contributed by atoms with Gasteiger partial charge in [0.05, 0.1) is 4.92 Å². The number of aryl methyl sites for hydroxylation is 1. The number of likely N-dealkylation sites (N-methyl/N-ethyl adjacent to an activating group) is 1. The fraction of sp³-hybridized carbons (Fsp3) is 0.579. The molecule has 1 aliphatic rings. The number of amides is 2. The lowest BCUT2D eigenvalue weighted by Gasteiger charge is -2.33. The first-order valence-corrected chi connectivity index (χ1v) is 9.08. The summed E-state index contributed by atoms with van der Waals surface area (Å²) in [4.78, 5) is 39.5. The van der Waals surface area contributed by atoms with E-state index in [1.807, 2.05) is 13.8 Å². The molecular weight excluding hydrogens is 384 g/mol. The van der Waals surface area contributed by atoms with Gasteiger partial charge < -0.3 is 15.5 Å². The summed E-state index contributed by atoms with van der Waals surface area (Å²) >= 11 is 0. The van der Waals surface area contributed by atoms with Crippen molar-refractivity contribution < 1.29 is 14.5 Å². The predicted octanol–water partition coefficient (Wildman–Crippen LogP) is 2.37. The highest BCUT2D eigenvalue weighted by molar-refractivity contribution is 5.98. The van der Waals surface area contributed by atoms with Gasteiger partial charge in [-0.2, -0.15) is 0 Å². The molecule has 1 unspecified atom stereocenters. The smallest absolute Gasteiger partial charge is 0.272 e. The van der Waals surface area contributed by atoms with E-state index in [9.17, 15) is 19.7 Å². The number of benzene rings is 1. The van der Waals surface area contributed by atoms with Gasteiger partial charge in [-0.3, -0.25) is 19.7 Å². The molecule has 8 nitrogen and oxygen atoms in total. The van der Waals surface area contributed by atoms with E-state index in [1.165, 1.54) is 18.2 Å². The Morgan fingerprint density at radius 2 is 2.04 bits per heavy atom. The number of hydrogen-bond acceptors (Lipinski definition) is 5. The number of rotatable bonds is 6. The van der Waals surface area contributed by atoms with Crippen molar-refractivity contribution in [2.24, 2.45) is 11.1 Å². The Morgan fingerprint density at radius 1 is 1.39 bits per heavy atom.